The van der Waals surface area contributed by atoms with Gasteiger partial charge in [0.15, 0.2) is 5.11 Å². The Morgan fingerprint density at radius 3 is 2.71 bits per heavy atom. The minimum atomic E-state index is -0.128. The van der Waals surface area contributed by atoms with Gasteiger partial charge in [-0.05, 0) is 66.5 Å². The number of amides is 1. The third-order valence-electron chi connectivity index (χ3n) is 5.28. The molecule has 2 atom stereocenters. The average molecular weight is 471 g/mol. The number of halogens is 1. The number of carbonyl (C=O) groups excluding carboxylic acids is 1. The highest BCUT2D eigenvalue weighted by atomic mass is 35.5. The predicted molar refractivity (Wildman–Crippen MR) is 132 cm³/mol. The van der Waals surface area contributed by atoms with Crippen molar-refractivity contribution in [1.29, 1.82) is 0 Å². The van der Waals surface area contributed by atoms with Gasteiger partial charge < -0.3 is 15.5 Å². The van der Waals surface area contributed by atoms with Crippen molar-refractivity contribution in [2.24, 2.45) is 5.92 Å². The summed E-state index contributed by atoms with van der Waals surface area (Å²) < 4.78 is 0. The van der Waals surface area contributed by atoms with E-state index in [0.29, 0.717) is 15.8 Å². The second-order valence-electron chi connectivity index (χ2n) is 7.77. The Hall–Kier alpha value is -2.48. The van der Waals surface area contributed by atoms with Gasteiger partial charge in [-0.1, -0.05) is 31.5 Å². The number of carbonyl (C=O) groups is 1. The topological polar surface area (TPSA) is 57.3 Å². The van der Waals surface area contributed by atoms with Gasteiger partial charge in [0.1, 0.15) is 0 Å². The summed E-state index contributed by atoms with van der Waals surface area (Å²) in [6.07, 6.45) is 1.80. The van der Waals surface area contributed by atoms with Gasteiger partial charge in [0.05, 0.1) is 28.5 Å². The number of nitrogens with one attached hydrogen (secondary N) is 2. The van der Waals surface area contributed by atoms with E-state index < -0.39 is 0 Å². The quantitative estimate of drug-likeness (QED) is 0.456. The number of thiophene rings is 1. The SMILES string of the molecule is Cc1ccsc1[C@H]1[C@H](c2ccccn2)NC(=S)N1c1ccc(NC(=O)C(C)C)c(Cl)c1. The molecule has 2 aromatic heterocycles. The molecule has 1 saturated heterocycles. The van der Waals surface area contributed by atoms with E-state index in [1.807, 2.05) is 50.2 Å². The largest absolute Gasteiger partial charge is 0.351 e. The Bertz CT molecular complexity index is 1120. The summed E-state index contributed by atoms with van der Waals surface area (Å²) in [4.78, 5) is 20.0. The van der Waals surface area contributed by atoms with E-state index in [1.54, 1.807) is 17.5 Å². The van der Waals surface area contributed by atoms with Gasteiger partial charge in [-0.15, -0.1) is 11.3 Å². The van der Waals surface area contributed by atoms with Crippen LogP contribution in [0, 0.1) is 12.8 Å². The van der Waals surface area contributed by atoms with E-state index in [1.165, 1.54) is 10.4 Å². The molecule has 2 N–H and O–H groups in total. The van der Waals surface area contributed by atoms with Crippen LogP contribution in [0.2, 0.25) is 5.02 Å². The number of benzene rings is 1. The molecule has 1 aliphatic heterocycles. The molecule has 0 aliphatic carbocycles. The molecule has 3 heterocycles. The highest BCUT2D eigenvalue weighted by Gasteiger charge is 2.42. The Morgan fingerprint density at radius 1 is 1.29 bits per heavy atom. The van der Waals surface area contributed by atoms with Crippen molar-refractivity contribution in [3.05, 3.63) is 75.2 Å². The van der Waals surface area contributed by atoms with Crippen molar-refractivity contribution in [1.82, 2.24) is 10.3 Å². The summed E-state index contributed by atoms with van der Waals surface area (Å²) in [7, 11) is 0. The van der Waals surface area contributed by atoms with Crippen LogP contribution in [0.4, 0.5) is 11.4 Å². The van der Waals surface area contributed by atoms with Crippen LogP contribution in [0.1, 0.15) is 42.1 Å². The summed E-state index contributed by atoms with van der Waals surface area (Å²) in [6.45, 7) is 5.80. The van der Waals surface area contributed by atoms with Crippen LogP contribution in [0.15, 0.2) is 54.0 Å². The Labute approximate surface area is 196 Å². The minimum absolute atomic E-state index is 0.0606. The van der Waals surface area contributed by atoms with Gasteiger partial charge in [-0.2, -0.15) is 0 Å². The summed E-state index contributed by atoms with van der Waals surface area (Å²) >= 11 is 14.0. The van der Waals surface area contributed by atoms with Crippen molar-refractivity contribution in [2.75, 3.05) is 10.2 Å². The van der Waals surface area contributed by atoms with E-state index in [2.05, 4.69) is 38.9 Å². The lowest BCUT2D eigenvalue weighted by Crippen LogP contribution is -2.29. The number of rotatable bonds is 5. The van der Waals surface area contributed by atoms with Crippen LogP contribution >= 0.6 is 35.2 Å². The maximum Gasteiger partial charge on any atom is 0.226 e. The van der Waals surface area contributed by atoms with Gasteiger partial charge in [0.2, 0.25) is 5.91 Å². The average Bonchev–Trinajstić information content (AvgIpc) is 3.32. The minimum Gasteiger partial charge on any atom is -0.351 e. The lowest BCUT2D eigenvalue weighted by atomic mass is 10.0. The van der Waals surface area contributed by atoms with Gasteiger partial charge >= 0.3 is 0 Å². The maximum absolute atomic E-state index is 12.1. The predicted octanol–water partition coefficient (Wildman–Crippen LogP) is 5.88. The smallest absolute Gasteiger partial charge is 0.226 e. The molecule has 8 heteroatoms. The van der Waals surface area contributed by atoms with Crippen molar-refractivity contribution in [2.45, 2.75) is 32.9 Å². The molecule has 0 saturated carbocycles. The van der Waals surface area contributed by atoms with Crippen molar-refractivity contribution in [3.8, 4) is 0 Å². The number of thiocarbonyl (C=S) groups is 1. The van der Waals surface area contributed by atoms with Gasteiger partial charge in [-0.3, -0.25) is 9.78 Å². The molecule has 1 amide bonds. The molecule has 1 aromatic carbocycles. The Morgan fingerprint density at radius 2 is 2.10 bits per heavy atom. The number of hydrogen-bond donors (Lipinski definition) is 2. The molecule has 4 rings (SSSR count). The summed E-state index contributed by atoms with van der Waals surface area (Å²) in [5, 5.41) is 9.51. The van der Waals surface area contributed by atoms with Gasteiger partial charge in [0.25, 0.3) is 0 Å². The van der Waals surface area contributed by atoms with Crippen LogP contribution in [0.5, 0.6) is 0 Å². The molecule has 1 aliphatic rings. The summed E-state index contributed by atoms with van der Waals surface area (Å²) in [6, 6.07) is 13.5. The highest BCUT2D eigenvalue weighted by molar-refractivity contribution is 7.80. The lowest BCUT2D eigenvalue weighted by molar-refractivity contribution is -0.118. The van der Waals surface area contributed by atoms with Gasteiger partial charge in [0, 0.05) is 22.7 Å². The zero-order chi connectivity index (χ0) is 22.1. The second-order valence-corrected chi connectivity index (χ2v) is 9.51. The van der Waals surface area contributed by atoms with Crippen LogP contribution in [-0.4, -0.2) is 16.0 Å². The third-order valence-corrected chi connectivity index (χ3v) is 7.00. The number of aromatic nitrogens is 1. The van der Waals surface area contributed by atoms with E-state index in [-0.39, 0.29) is 23.9 Å². The molecule has 0 bridgehead atoms. The van der Waals surface area contributed by atoms with E-state index in [0.717, 1.165) is 11.4 Å². The number of pyridine rings is 1. The zero-order valence-corrected chi connectivity index (χ0v) is 19.8. The Balaban J connectivity index is 1.74. The highest BCUT2D eigenvalue weighted by Crippen LogP contribution is 2.45. The first-order chi connectivity index (χ1) is 14.9. The number of nitrogens with zero attached hydrogens (tertiary/aromatic N) is 2. The van der Waals surface area contributed by atoms with E-state index in [4.69, 9.17) is 23.8 Å². The molecule has 0 spiro atoms. The van der Waals surface area contributed by atoms with Crippen LogP contribution in [-0.2, 0) is 4.79 Å². The number of aryl methyl sites for hydroxylation is 1. The molecule has 1 fully saturated rings. The van der Waals surface area contributed by atoms with Crippen LogP contribution < -0.4 is 15.5 Å². The van der Waals surface area contributed by atoms with E-state index in [9.17, 15) is 4.79 Å². The molecule has 160 valence electrons. The molecule has 31 heavy (non-hydrogen) atoms. The number of hydrogen-bond acceptors (Lipinski definition) is 4. The third kappa shape index (κ3) is 4.31. The Kier molecular flexibility index (Phi) is 6.27. The molecule has 0 radical (unpaired) electrons. The van der Waals surface area contributed by atoms with Crippen molar-refractivity contribution >= 4 is 57.5 Å². The fraction of sp³-hybridized carbons (Fsp3) is 0.261. The van der Waals surface area contributed by atoms with E-state index >= 15 is 0 Å². The standard InChI is InChI=1S/C23H23ClN4OS2/c1-13(2)22(29)26-17-8-7-15(12-16(17)24)28-20(21-14(3)9-11-31-21)19(27-23(28)30)18-6-4-5-10-25-18/h4-13,19-20H,1-3H3,(H,26,29)(H,27,30)/t19-,20+/m0/s1. The fourth-order valence-electron chi connectivity index (χ4n) is 3.62. The van der Waals surface area contributed by atoms with Crippen molar-refractivity contribution in [3.63, 3.8) is 0 Å². The lowest BCUT2D eigenvalue weighted by Gasteiger charge is -2.28. The molecule has 0 unspecified atom stereocenters. The second kappa shape index (κ2) is 8.94. The van der Waals surface area contributed by atoms with Crippen LogP contribution in [0.3, 0.4) is 0 Å². The monoisotopic (exact) mass is 470 g/mol. The first-order valence-electron chi connectivity index (χ1n) is 10.0. The first-order valence-corrected chi connectivity index (χ1v) is 11.7. The fourth-order valence-corrected chi connectivity index (χ4v) is 5.24. The normalized spacial score (nSPS) is 18.4. The first kappa shape index (κ1) is 21.7. The molecule has 3 aromatic rings. The molecular formula is C23H23ClN4OS2. The number of anilines is 2. The summed E-state index contributed by atoms with van der Waals surface area (Å²) in [5.41, 5.74) is 3.59. The van der Waals surface area contributed by atoms with Crippen LogP contribution in [0.25, 0.3) is 0 Å². The molecular weight excluding hydrogens is 448 g/mol. The van der Waals surface area contributed by atoms with Crippen molar-refractivity contribution < 1.29 is 4.79 Å². The van der Waals surface area contributed by atoms with Gasteiger partial charge in [-0.25, -0.2) is 0 Å². The summed E-state index contributed by atoms with van der Waals surface area (Å²) in [5.74, 6) is -0.202. The zero-order valence-electron chi connectivity index (χ0n) is 17.4. The maximum atomic E-state index is 12.1. The molecule has 5 nitrogen and oxygen atoms in total.